The Morgan fingerprint density at radius 3 is 1.84 bits per heavy atom. The first-order valence-corrected chi connectivity index (χ1v) is 10.2. The van der Waals surface area contributed by atoms with Crippen LogP contribution < -0.4 is 11.5 Å². The van der Waals surface area contributed by atoms with Gasteiger partial charge in [-0.2, -0.15) is 0 Å². The molecule has 0 radical (unpaired) electrons. The van der Waals surface area contributed by atoms with E-state index in [4.69, 9.17) is 16.6 Å². The van der Waals surface area contributed by atoms with E-state index in [-0.39, 0.29) is 23.7 Å². The van der Waals surface area contributed by atoms with Crippen molar-refractivity contribution in [2.24, 2.45) is 23.3 Å². The second-order valence-corrected chi connectivity index (χ2v) is 8.38. The van der Waals surface area contributed by atoms with Gasteiger partial charge in [0, 0.05) is 6.42 Å². The second kappa shape index (κ2) is 11.9. The molecule has 0 bridgehead atoms. The average Bonchev–Trinajstić information content (AvgIpc) is 2.62. The fourth-order valence-corrected chi connectivity index (χ4v) is 3.21. The number of aliphatic carboxylic acids is 2. The Bertz CT molecular complexity index is 694. The molecule has 7 N–H and O–H groups in total. The van der Waals surface area contributed by atoms with Gasteiger partial charge in [0.2, 0.25) is 17.4 Å². The molecule has 0 aliphatic rings. The van der Waals surface area contributed by atoms with Crippen molar-refractivity contribution in [3.05, 3.63) is 0 Å². The summed E-state index contributed by atoms with van der Waals surface area (Å²) in [5.74, 6) is -7.97. The molecular formula is C20H35N3O8. The van der Waals surface area contributed by atoms with E-state index in [9.17, 15) is 34.2 Å². The van der Waals surface area contributed by atoms with Crippen LogP contribution in [0.25, 0.3) is 0 Å². The highest BCUT2D eigenvalue weighted by Crippen LogP contribution is 2.30. The van der Waals surface area contributed by atoms with E-state index in [2.05, 4.69) is 0 Å². The molecule has 0 saturated carbocycles. The number of carboxylic acids is 2. The van der Waals surface area contributed by atoms with E-state index in [0.717, 1.165) is 0 Å². The lowest BCUT2D eigenvalue weighted by Gasteiger charge is -2.43. The maximum Gasteiger partial charge on any atom is 0.340 e. The molecule has 0 aromatic carbocycles. The number of carbonyl (C=O) groups excluding carboxylic acids is 3. The molecule has 4 unspecified atom stereocenters. The van der Waals surface area contributed by atoms with Gasteiger partial charge in [0.25, 0.3) is 0 Å². The number of nitrogens with zero attached hydrogens (tertiary/aromatic N) is 1. The first-order valence-electron chi connectivity index (χ1n) is 10.2. The molecule has 0 rings (SSSR count). The lowest BCUT2D eigenvalue weighted by molar-refractivity contribution is -0.182. The van der Waals surface area contributed by atoms with Gasteiger partial charge < -0.3 is 26.8 Å². The summed E-state index contributed by atoms with van der Waals surface area (Å²) in [6, 6.07) is -2.78. The van der Waals surface area contributed by atoms with Crippen LogP contribution in [0.1, 0.15) is 60.3 Å². The lowest BCUT2D eigenvalue weighted by atomic mass is 9.80. The van der Waals surface area contributed by atoms with Crippen LogP contribution >= 0.6 is 0 Å². The first kappa shape index (κ1) is 28.6. The molecule has 0 heterocycles. The van der Waals surface area contributed by atoms with Crippen molar-refractivity contribution in [1.82, 2.24) is 4.90 Å². The number of aliphatic hydroxyl groups is 1. The largest absolute Gasteiger partial charge is 0.481 e. The summed E-state index contributed by atoms with van der Waals surface area (Å²) in [6.07, 6.45) is -3.88. The summed E-state index contributed by atoms with van der Waals surface area (Å²) in [7, 11) is 0. The number of hydrogen-bond acceptors (Lipinski definition) is 8. The van der Waals surface area contributed by atoms with Gasteiger partial charge in [-0.15, -0.1) is 0 Å². The second-order valence-electron chi connectivity index (χ2n) is 8.38. The van der Waals surface area contributed by atoms with Crippen LogP contribution in [0.3, 0.4) is 0 Å². The minimum absolute atomic E-state index is 0.0478. The van der Waals surface area contributed by atoms with Crippen LogP contribution in [0.5, 0.6) is 0 Å². The van der Waals surface area contributed by atoms with Gasteiger partial charge in [0.15, 0.2) is 5.78 Å². The van der Waals surface area contributed by atoms with Gasteiger partial charge in [-0.3, -0.25) is 24.1 Å². The smallest absolute Gasteiger partial charge is 0.340 e. The number of hydrogen-bond donors (Lipinski definition) is 5. The Labute approximate surface area is 181 Å². The number of aliphatic hydroxyl groups excluding tert-OH is 1. The molecule has 0 aliphatic carbocycles. The highest BCUT2D eigenvalue weighted by Gasteiger charge is 2.61. The molecule has 2 amide bonds. The minimum Gasteiger partial charge on any atom is -0.481 e. The van der Waals surface area contributed by atoms with Crippen molar-refractivity contribution < 1.29 is 39.3 Å². The van der Waals surface area contributed by atoms with Crippen LogP contribution in [0, 0.1) is 11.8 Å². The number of imide groups is 1. The van der Waals surface area contributed by atoms with Crippen molar-refractivity contribution >= 4 is 29.5 Å². The molecule has 0 aromatic rings. The predicted molar refractivity (Wildman–Crippen MR) is 111 cm³/mol. The van der Waals surface area contributed by atoms with Crippen LogP contribution in [0.15, 0.2) is 0 Å². The molecule has 11 heteroatoms. The fourth-order valence-electron chi connectivity index (χ4n) is 3.21. The van der Waals surface area contributed by atoms with Gasteiger partial charge in [0.1, 0.15) is 6.10 Å². The quantitative estimate of drug-likeness (QED) is 0.235. The Morgan fingerprint density at radius 1 is 0.968 bits per heavy atom. The third-order valence-corrected chi connectivity index (χ3v) is 4.92. The molecule has 4 atom stereocenters. The topological polar surface area (TPSA) is 201 Å². The highest BCUT2D eigenvalue weighted by atomic mass is 16.4. The fraction of sp³-hybridized carbons (Fsp3) is 0.750. The Kier molecular flexibility index (Phi) is 11.0. The molecule has 178 valence electrons. The van der Waals surface area contributed by atoms with Gasteiger partial charge in [-0.1, -0.05) is 34.6 Å². The normalized spacial score (nSPS) is 16.3. The molecule has 0 saturated heterocycles. The zero-order valence-corrected chi connectivity index (χ0v) is 18.7. The lowest BCUT2D eigenvalue weighted by Crippen LogP contribution is -2.73. The van der Waals surface area contributed by atoms with E-state index in [1.54, 1.807) is 34.6 Å². The Morgan fingerprint density at radius 2 is 1.48 bits per heavy atom. The van der Waals surface area contributed by atoms with Crippen molar-refractivity contribution in [1.29, 1.82) is 0 Å². The van der Waals surface area contributed by atoms with E-state index >= 15 is 0 Å². The standard InChI is InChI=1S/C20H35N3O8/c1-6-7-13(24)20(19(30)31,14(25)9-15(26)27)23(18(29)16(22)11(4)5)17(28)12(21)8-10(2)3/h10-12,14,16,25H,6-9,21-22H2,1-5H3,(H,26,27)(H,30,31). The first-order chi connectivity index (χ1) is 14.2. The monoisotopic (exact) mass is 445 g/mol. The zero-order chi connectivity index (χ0) is 24.7. The van der Waals surface area contributed by atoms with Gasteiger partial charge in [-0.05, 0) is 24.7 Å². The van der Waals surface area contributed by atoms with Crippen molar-refractivity contribution in [2.45, 2.75) is 84.0 Å². The van der Waals surface area contributed by atoms with E-state index in [0.29, 0.717) is 0 Å². The van der Waals surface area contributed by atoms with Gasteiger partial charge in [-0.25, -0.2) is 4.79 Å². The zero-order valence-electron chi connectivity index (χ0n) is 18.7. The molecule has 11 nitrogen and oxygen atoms in total. The van der Waals surface area contributed by atoms with E-state index < -0.39 is 72.0 Å². The average molecular weight is 446 g/mol. The highest BCUT2D eigenvalue weighted by molar-refractivity contribution is 6.17. The maximum atomic E-state index is 13.2. The summed E-state index contributed by atoms with van der Waals surface area (Å²) in [6.45, 7) is 8.12. The molecule has 0 aliphatic heterocycles. The number of rotatable bonds is 13. The molecular weight excluding hydrogens is 410 g/mol. The van der Waals surface area contributed by atoms with Crippen molar-refractivity contribution in [2.75, 3.05) is 0 Å². The maximum absolute atomic E-state index is 13.2. The van der Waals surface area contributed by atoms with Gasteiger partial charge in [0.05, 0.1) is 18.5 Å². The number of carboxylic acid groups (broad SMARTS) is 2. The summed E-state index contributed by atoms with van der Waals surface area (Å²) < 4.78 is 0. The summed E-state index contributed by atoms with van der Waals surface area (Å²) >= 11 is 0. The Hall–Kier alpha value is -2.37. The Balaban J connectivity index is 7.04. The molecule has 0 fully saturated rings. The van der Waals surface area contributed by atoms with Crippen LogP contribution in [-0.2, 0) is 24.0 Å². The van der Waals surface area contributed by atoms with Crippen molar-refractivity contribution in [3.8, 4) is 0 Å². The number of Topliss-reactive ketones (excluding diaryl/α,β-unsaturated/α-hetero) is 1. The molecule has 31 heavy (non-hydrogen) atoms. The van der Waals surface area contributed by atoms with Gasteiger partial charge >= 0.3 is 11.9 Å². The third-order valence-electron chi connectivity index (χ3n) is 4.92. The SMILES string of the molecule is CCCC(=O)C(C(=O)O)(C(O)CC(=O)O)N(C(=O)C(N)CC(C)C)C(=O)C(N)C(C)C. The summed E-state index contributed by atoms with van der Waals surface area (Å²) in [4.78, 5) is 63.3. The van der Waals surface area contributed by atoms with E-state index in [1.807, 2.05) is 0 Å². The number of carbonyl (C=O) groups is 5. The minimum atomic E-state index is -3.18. The number of amides is 2. The summed E-state index contributed by atoms with van der Waals surface area (Å²) in [5, 5.41) is 29.8. The van der Waals surface area contributed by atoms with Crippen LogP contribution in [-0.4, -0.2) is 73.5 Å². The van der Waals surface area contributed by atoms with Crippen LogP contribution in [0.2, 0.25) is 0 Å². The third kappa shape index (κ3) is 6.55. The molecule has 0 aromatic heterocycles. The van der Waals surface area contributed by atoms with E-state index in [1.165, 1.54) is 0 Å². The molecule has 0 spiro atoms. The van der Waals surface area contributed by atoms with Crippen LogP contribution in [0.4, 0.5) is 0 Å². The number of ketones is 1. The number of nitrogens with two attached hydrogens (primary N) is 2. The predicted octanol–water partition coefficient (Wildman–Crippen LogP) is -0.273. The van der Waals surface area contributed by atoms with Crippen molar-refractivity contribution in [3.63, 3.8) is 0 Å². The summed E-state index contributed by atoms with van der Waals surface area (Å²) in [5.41, 5.74) is 8.63.